The molecule has 6 rings (SSSR count). The van der Waals surface area contributed by atoms with E-state index in [4.69, 9.17) is 4.74 Å². The fraction of sp³-hybridized carbons (Fsp3) is 0.400. The smallest absolute Gasteiger partial charge is 0.307 e. The molecule has 2 atom stereocenters. The number of halogens is 1. The molecule has 0 bridgehead atoms. The minimum Gasteiger partial charge on any atom is -0.489 e. The van der Waals surface area contributed by atoms with Crippen molar-refractivity contribution in [1.29, 1.82) is 0 Å². The maximum absolute atomic E-state index is 15.0. The van der Waals surface area contributed by atoms with Gasteiger partial charge in [0.2, 0.25) is 0 Å². The third-order valence-electron chi connectivity index (χ3n) is 9.57. The number of benzene rings is 3. The Morgan fingerprint density at radius 2 is 1.85 bits per heavy atom. The first kappa shape index (κ1) is 25.9. The van der Waals surface area contributed by atoms with Crippen LogP contribution in [0.2, 0.25) is 0 Å². The quantitative estimate of drug-likeness (QED) is 0.351. The van der Waals surface area contributed by atoms with Crippen molar-refractivity contribution in [1.82, 2.24) is 0 Å². The average molecular weight is 525 g/mol. The summed E-state index contributed by atoms with van der Waals surface area (Å²) >= 11 is 0. The molecule has 0 saturated heterocycles. The second kappa shape index (κ2) is 9.66. The van der Waals surface area contributed by atoms with Gasteiger partial charge in [0.05, 0.1) is 5.92 Å². The highest BCUT2D eigenvalue weighted by atomic mass is 19.1. The molecule has 0 unspecified atom stereocenters. The van der Waals surface area contributed by atoms with E-state index in [0.29, 0.717) is 12.2 Å². The van der Waals surface area contributed by atoms with Gasteiger partial charge in [0.15, 0.2) is 0 Å². The lowest BCUT2D eigenvalue weighted by Gasteiger charge is -2.51. The van der Waals surface area contributed by atoms with Crippen molar-refractivity contribution in [2.24, 2.45) is 11.3 Å². The first-order chi connectivity index (χ1) is 18.7. The first-order valence-corrected chi connectivity index (χ1v) is 14.3. The number of fused-ring (bicyclic) bond motifs is 2. The minimum absolute atomic E-state index is 0.0186. The van der Waals surface area contributed by atoms with Crippen LogP contribution in [0.4, 0.5) is 4.39 Å². The zero-order chi connectivity index (χ0) is 27.4. The summed E-state index contributed by atoms with van der Waals surface area (Å²) in [5, 5.41) is 9.83. The van der Waals surface area contributed by atoms with Crippen LogP contribution in [0.25, 0.3) is 16.7 Å². The van der Waals surface area contributed by atoms with Crippen LogP contribution < -0.4 is 4.74 Å². The second-order valence-electron chi connectivity index (χ2n) is 12.5. The Bertz CT molecular complexity index is 1480. The van der Waals surface area contributed by atoms with Crippen molar-refractivity contribution in [2.75, 3.05) is 0 Å². The van der Waals surface area contributed by atoms with Crippen molar-refractivity contribution in [3.8, 4) is 16.9 Å². The summed E-state index contributed by atoms with van der Waals surface area (Å²) in [6.07, 6.45) is 9.06. The van der Waals surface area contributed by atoms with Gasteiger partial charge >= 0.3 is 5.97 Å². The van der Waals surface area contributed by atoms with Crippen LogP contribution >= 0.6 is 0 Å². The normalized spacial score (nSPS) is 23.2. The highest BCUT2D eigenvalue weighted by molar-refractivity contribution is 5.85. The molecule has 3 aliphatic carbocycles. The lowest BCUT2D eigenvalue weighted by Crippen LogP contribution is -2.50. The molecule has 0 radical (unpaired) electrons. The van der Waals surface area contributed by atoms with Gasteiger partial charge in [-0.3, -0.25) is 4.79 Å². The molecule has 1 spiro atoms. The lowest BCUT2D eigenvalue weighted by molar-refractivity contribution is -0.150. The van der Waals surface area contributed by atoms with E-state index in [2.05, 4.69) is 38.1 Å². The van der Waals surface area contributed by atoms with Gasteiger partial charge in [-0.2, -0.15) is 0 Å². The number of hydrogen-bond donors (Lipinski definition) is 1. The number of carbonyl (C=O) groups is 1. The Balaban J connectivity index is 1.32. The molecule has 1 N–H and O–H groups in total. The van der Waals surface area contributed by atoms with Crippen LogP contribution in [-0.4, -0.2) is 11.1 Å². The third-order valence-corrected chi connectivity index (χ3v) is 9.57. The van der Waals surface area contributed by atoms with Crippen LogP contribution in [0.15, 0.2) is 60.7 Å². The van der Waals surface area contributed by atoms with Gasteiger partial charge in [-0.05, 0) is 121 Å². The predicted octanol–water partition coefficient (Wildman–Crippen LogP) is 8.65. The molecule has 3 aliphatic rings. The van der Waals surface area contributed by atoms with E-state index in [0.717, 1.165) is 72.9 Å². The van der Waals surface area contributed by atoms with Crippen LogP contribution in [0.3, 0.4) is 0 Å². The molecule has 0 amide bonds. The van der Waals surface area contributed by atoms with E-state index >= 15 is 4.39 Å². The number of ether oxygens (including phenoxy) is 1. The maximum Gasteiger partial charge on any atom is 0.307 e. The Hall–Kier alpha value is -3.40. The summed E-state index contributed by atoms with van der Waals surface area (Å²) in [4.78, 5) is 12.0. The first-order valence-electron chi connectivity index (χ1n) is 14.3. The molecule has 39 heavy (non-hydrogen) atoms. The number of aliphatic carboxylic acids is 1. The molecule has 4 heteroatoms. The van der Waals surface area contributed by atoms with Gasteiger partial charge in [-0.15, -0.1) is 0 Å². The molecule has 202 valence electrons. The summed E-state index contributed by atoms with van der Waals surface area (Å²) in [5.74, 6) is -0.406. The molecular formula is C35H37FO3. The fourth-order valence-corrected chi connectivity index (χ4v) is 7.29. The number of hydrogen-bond acceptors (Lipinski definition) is 2. The number of aryl methyl sites for hydroxylation is 2. The zero-order valence-electron chi connectivity index (χ0n) is 23.1. The fourth-order valence-electron chi connectivity index (χ4n) is 7.29. The number of carboxylic acid groups (broad SMARTS) is 1. The highest BCUT2D eigenvalue weighted by Gasteiger charge is 2.53. The van der Waals surface area contributed by atoms with Crippen LogP contribution in [0.1, 0.15) is 80.2 Å². The number of allylic oxidation sites excluding steroid dienone is 2. The van der Waals surface area contributed by atoms with E-state index in [1.807, 2.05) is 37.3 Å². The average Bonchev–Trinajstić information content (AvgIpc) is 3.26. The molecule has 1 saturated carbocycles. The molecule has 0 aliphatic heterocycles. The summed E-state index contributed by atoms with van der Waals surface area (Å²) in [6, 6.07) is 17.8. The maximum atomic E-state index is 15.0. The van der Waals surface area contributed by atoms with Crippen molar-refractivity contribution in [2.45, 2.75) is 77.7 Å². The molecule has 3 nitrogen and oxygen atoms in total. The third kappa shape index (κ3) is 4.48. The second-order valence-corrected chi connectivity index (χ2v) is 12.5. The Morgan fingerprint density at radius 3 is 2.56 bits per heavy atom. The van der Waals surface area contributed by atoms with Crippen molar-refractivity contribution in [3.63, 3.8) is 0 Å². The van der Waals surface area contributed by atoms with Crippen molar-refractivity contribution < 1.29 is 19.0 Å². The van der Waals surface area contributed by atoms with Gasteiger partial charge in [0, 0.05) is 11.0 Å². The monoisotopic (exact) mass is 524 g/mol. The van der Waals surface area contributed by atoms with Gasteiger partial charge in [-0.1, -0.05) is 49.8 Å². The van der Waals surface area contributed by atoms with Crippen LogP contribution in [0.5, 0.6) is 5.75 Å². The standard InChI is InChI=1S/C35H37FO3/c1-22-8-13-32(36)28(18-22)26-12-9-23(19-27(26)29-7-5-15-34(29,2)3)21-39-25-11-10-24-6-4-16-35(31(24)20-25)17-14-30(35)33(37)38/h7-13,18-20,30H,4-6,14-17,21H2,1-3H3,(H,37,38)/t30-,35+/m0/s1. The van der Waals surface area contributed by atoms with Gasteiger partial charge < -0.3 is 9.84 Å². The number of carboxylic acids is 1. The summed E-state index contributed by atoms with van der Waals surface area (Å²) in [7, 11) is 0. The van der Waals surface area contributed by atoms with Gasteiger partial charge in [0.1, 0.15) is 18.2 Å². The van der Waals surface area contributed by atoms with E-state index in [1.165, 1.54) is 16.7 Å². The van der Waals surface area contributed by atoms with Gasteiger partial charge in [-0.25, -0.2) is 4.39 Å². The molecule has 3 aromatic carbocycles. The predicted molar refractivity (Wildman–Crippen MR) is 153 cm³/mol. The highest BCUT2D eigenvalue weighted by Crippen LogP contribution is 2.56. The summed E-state index contributed by atoms with van der Waals surface area (Å²) in [6.45, 7) is 6.92. The van der Waals surface area contributed by atoms with Crippen LogP contribution in [-0.2, 0) is 23.2 Å². The summed E-state index contributed by atoms with van der Waals surface area (Å²) in [5.41, 5.74) is 8.17. The SMILES string of the molecule is Cc1ccc(F)c(-c2ccc(COc3ccc4c(c3)[C@]3(CCC4)CC[C@H]3C(=O)O)cc2C2=CCCC2(C)C)c1. The lowest BCUT2D eigenvalue weighted by atomic mass is 9.52. The van der Waals surface area contributed by atoms with Crippen molar-refractivity contribution in [3.05, 3.63) is 94.3 Å². The van der Waals surface area contributed by atoms with E-state index < -0.39 is 5.97 Å². The molecule has 1 fully saturated rings. The topological polar surface area (TPSA) is 46.5 Å². The Labute approximate surface area is 230 Å². The minimum atomic E-state index is -0.678. The zero-order valence-corrected chi connectivity index (χ0v) is 23.1. The molecular weight excluding hydrogens is 487 g/mol. The Morgan fingerprint density at radius 1 is 1.00 bits per heavy atom. The van der Waals surface area contributed by atoms with E-state index in [-0.39, 0.29) is 22.6 Å². The largest absolute Gasteiger partial charge is 0.489 e. The van der Waals surface area contributed by atoms with E-state index in [1.54, 1.807) is 6.07 Å². The Kier molecular flexibility index (Phi) is 6.40. The van der Waals surface area contributed by atoms with E-state index in [9.17, 15) is 9.90 Å². The number of rotatable bonds is 6. The molecule has 0 aromatic heterocycles. The molecule has 0 heterocycles. The van der Waals surface area contributed by atoms with Gasteiger partial charge in [0.25, 0.3) is 0 Å². The summed E-state index contributed by atoms with van der Waals surface area (Å²) < 4.78 is 21.3. The van der Waals surface area contributed by atoms with Crippen molar-refractivity contribution >= 4 is 11.5 Å². The van der Waals surface area contributed by atoms with Crippen LogP contribution in [0, 0.1) is 24.1 Å². The molecule has 3 aromatic rings.